The Bertz CT molecular complexity index is 2630. The second kappa shape index (κ2) is 19.8. The number of methoxy groups -OCH3 is 1. The number of esters is 1. The molecule has 5 amide bonds. The molecule has 1 aromatic carbocycles. The second-order valence-electron chi connectivity index (χ2n) is 20.5. The number of aromatic nitrogens is 3. The van der Waals surface area contributed by atoms with Crippen LogP contribution < -0.4 is 10.7 Å². The van der Waals surface area contributed by atoms with E-state index in [1.54, 1.807) is 30.2 Å². The average Bonchev–Trinajstić information content (AvgIpc) is 3.92. The van der Waals surface area contributed by atoms with Gasteiger partial charge in [-0.2, -0.15) is 0 Å². The lowest BCUT2D eigenvalue weighted by Gasteiger charge is -2.54. The number of amides is 5. The van der Waals surface area contributed by atoms with Crippen LogP contribution in [0.25, 0.3) is 33.4 Å². The minimum atomic E-state index is -1.42. The van der Waals surface area contributed by atoms with Gasteiger partial charge in [0, 0.05) is 104 Å². The third kappa shape index (κ3) is 9.86. The van der Waals surface area contributed by atoms with Crippen molar-refractivity contribution >= 4 is 62.2 Å². The number of hydrazine groups is 1. The first kappa shape index (κ1) is 50.0. The van der Waals surface area contributed by atoms with Gasteiger partial charge in [-0.25, -0.2) is 15.2 Å². The van der Waals surface area contributed by atoms with Gasteiger partial charge in [0.05, 0.1) is 45.0 Å². The number of carbonyl (C=O) groups excluding carboxylic acids is 5. The predicted octanol–water partition coefficient (Wildman–Crippen LogP) is 5.89. The summed E-state index contributed by atoms with van der Waals surface area (Å²) in [5.41, 5.74) is 9.12. The number of thiazole rings is 1. The highest BCUT2D eigenvalue weighted by molar-refractivity contribution is 7.10. The van der Waals surface area contributed by atoms with E-state index in [9.17, 15) is 24.0 Å². The summed E-state index contributed by atoms with van der Waals surface area (Å²) in [6, 6.07) is 8.12. The first-order valence-electron chi connectivity index (χ1n) is 24.1. The van der Waals surface area contributed by atoms with Gasteiger partial charge in [0.15, 0.2) is 0 Å². The standard InChI is InChI=1S/C51H66N9O7SSi/c1-10-41(61)57-22-18-50(19-23-57)28-58(29-50)48(65)56(8)43(31(3)4)45(62)54-37-25-40-53-38(27-68-40)33-15-16-39-35(24-33)36(44(59(39)11-2)34-14-12-20-52-42(34)32(5)66-9)26-49(6,7)30-67-47(64)51(69)17-13-21-60(55-51)46(37)63/h10,12,14-16,20,24,27,31-32,37,43,55H,1,11,13,17-19,21-23,25-26,28-30H2,2-9H3,(H,54,62)/t32-,37-,43-,51-/m0/s1. The van der Waals surface area contributed by atoms with Crippen LogP contribution in [0.3, 0.4) is 0 Å². The van der Waals surface area contributed by atoms with Gasteiger partial charge in [-0.15, -0.1) is 11.3 Å². The topological polar surface area (TPSA) is 172 Å². The molecule has 1 spiro atoms. The number of pyridine rings is 1. The number of hydrogen-bond donors (Lipinski definition) is 2. The number of urea groups is 1. The largest absolute Gasteiger partial charge is 0.464 e. The molecule has 0 aliphatic carbocycles. The van der Waals surface area contributed by atoms with Crippen LogP contribution in [-0.4, -0.2) is 145 Å². The third-order valence-corrected chi connectivity index (χ3v) is 16.0. The molecule has 3 radical (unpaired) electrons. The third-order valence-electron chi connectivity index (χ3n) is 14.5. The summed E-state index contributed by atoms with van der Waals surface area (Å²) < 4.78 is 14.3. The number of aryl methyl sites for hydroxylation is 1. The van der Waals surface area contributed by atoms with Crippen molar-refractivity contribution < 1.29 is 33.4 Å². The van der Waals surface area contributed by atoms with Crippen LogP contribution in [0.2, 0.25) is 0 Å². The molecule has 7 heterocycles. The zero-order valence-electron chi connectivity index (χ0n) is 41.2. The average molecular weight is 977 g/mol. The molecule has 0 unspecified atom stereocenters. The van der Waals surface area contributed by atoms with Crippen LogP contribution in [0.1, 0.15) is 89.6 Å². The smallest absolute Gasteiger partial charge is 0.323 e. The van der Waals surface area contributed by atoms with Gasteiger partial charge in [-0.1, -0.05) is 40.3 Å². The molecule has 4 aliphatic heterocycles. The molecule has 367 valence electrons. The van der Waals surface area contributed by atoms with E-state index in [0.29, 0.717) is 57.0 Å². The number of piperidine rings is 1. The lowest BCUT2D eigenvalue weighted by atomic mass is 9.72. The highest BCUT2D eigenvalue weighted by atomic mass is 32.1. The number of cyclic esters (lactones) is 1. The van der Waals surface area contributed by atoms with Gasteiger partial charge >= 0.3 is 12.0 Å². The summed E-state index contributed by atoms with van der Waals surface area (Å²) in [4.78, 5) is 84.8. The number of benzene rings is 1. The maximum atomic E-state index is 14.8. The number of likely N-dealkylation sites (tertiary alicyclic amines) is 2. The minimum Gasteiger partial charge on any atom is -0.464 e. The quantitative estimate of drug-likeness (QED) is 0.117. The Hall–Kier alpha value is -5.43. The molecular weight excluding hydrogens is 911 g/mol. The molecule has 3 aromatic heterocycles. The van der Waals surface area contributed by atoms with Crippen LogP contribution in [0.4, 0.5) is 4.79 Å². The monoisotopic (exact) mass is 976 g/mol. The highest BCUT2D eigenvalue weighted by Gasteiger charge is 2.49. The fraction of sp³-hybridized carbons (Fsp3) is 0.549. The summed E-state index contributed by atoms with van der Waals surface area (Å²) in [5, 5.41) is 6.68. The van der Waals surface area contributed by atoms with Crippen molar-refractivity contribution in [3.63, 3.8) is 0 Å². The Morgan fingerprint density at radius 1 is 1.10 bits per heavy atom. The number of carbonyl (C=O) groups is 5. The van der Waals surface area contributed by atoms with E-state index >= 15 is 0 Å². The molecule has 4 atom stereocenters. The van der Waals surface area contributed by atoms with E-state index in [2.05, 4.69) is 77.2 Å². The maximum absolute atomic E-state index is 14.8. The van der Waals surface area contributed by atoms with E-state index in [1.807, 2.05) is 32.2 Å². The van der Waals surface area contributed by atoms with Crippen LogP contribution in [0.15, 0.2) is 54.6 Å². The zero-order chi connectivity index (χ0) is 49.6. The molecule has 0 saturated carbocycles. The molecule has 2 N–H and O–H groups in total. The normalized spacial score (nSPS) is 22.4. The fourth-order valence-corrected chi connectivity index (χ4v) is 11.9. The summed E-state index contributed by atoms with van der Waals surface area (Å²) in [6.45, 7) is 19.0. The Morgan fingerprint density at radius 3 is 2.52 bits per heavy atom. The number of nitrogens with one attached hydrogen (secondary N) is 2. The molecule has 3 fully saturated rings. The van der Waals surface area contributed by atoms with Gasteiger partial charge < -0.3 is 34.1 Å². The lowest BCUT2D eigenvalue weighted by molar-refractivity contribution is -0.158. The van der Waals surface area contributed by atoms with Crippen LogP contribution >= 0.6 is 11.3 Å². The maximum Gasteiger partial charge on any atom is 0.323 e. The van der Waals surface area contributed by atoms with Gasteiger partial charge in [-0.3, -0.25) is 29.2 Å². The van der Waals surface area contributed by atoms with E-state index in [0.717, 1.165) is 57.5 Å². The molecule has 16 nitrogen and oxygen atoms in total. The lowest BCUT2D eigenvalue weighted by Crippen LogP contribution is -2.68. The van der Waals surface area contributed by atoms with Crippen molar-refractivity contribution in [1.82, 2.24) is 45.0 Å². The highest BCUT2D eigenvalue weighted by Crippen LogP contribution is 2.43. The number of nitrogens with zero attached hydrogens (tertiary/aromatic N) is 7. The molecule has 6 bridgehead atoms. The van der Waals surface area contributed by atoms with E-state index in [-0.39, 0.29) is 48.9 Å². The molecule has 69 heavy (non-hydrogen) atoms. The Morgan fingerprint density at radius 2 is 1.84 bits per heavy atom. The number of ether oxygens (including phenoxy) is 2. The van der Waals surface area contributed by atoms with Crippen LogP contribution in [0, 0.1) is 16.7 Å². The van der Waals surface area contributed by atoms with Crippen molar-refractivity contribution in [2.75, 3.05) is 53.5 Å². The van der Waals surface area contributed by atoms with Crippen molar-refractivity contribution in [1.29, 1.82) is 0 Å². The van der Waals surface area contributed by atoms with E-state index < -0.39 is 40.4 Å². The molecule has 3 saturated heterocycles. The summed E-state index contributed by atoms with van der Waals surface area (Å²) in [6.07, 6.45) is 5.88. The first-order valence-corrected chi connectivity index (χ1v) is 25.5. The van der Waals surface area contributed by atoms with Crippen molar-refractivity contribution in [3.05, 3.63) is 70.8 Å². The number of fused-ring (bicyclic) bond motifs is 6. The fourth-order valence-electron chi connectivity index (χ4n) is 10.7. The van der Waals surface area contributed by atoms with Gasteiger partial charge in [0.25, 0.3) is 5.91 Å². The molecular formula is C51H66N9O7SSi. The minimum absolute atomic E-state index is 0.0641. The zero-order valence-corrected chi connectivity index (χ0v) is 43.0. The SMILES string of the molecule is C=CC(=O)N1CCC2(CC1)CN(C(=O)N(C)[C@H](C(=O)N[C@H]1Cc3nc(cs3)-c3ccc4c(c3)c(c(-c3cccnc3[C@H](C)OC)n4CC)CC(C)(C)COC(=O)[C@@]3([Si])CCCN(N3)C1=O)C(C)C)C2. The Balaban J connectivity index is 1.12. The van der Waals surface area contributed by atoms with E-state index in [1.165, 1.54) is 27.3 Å². The second-order valence-corrected chi connectivity index (χ2v) is 22.3. The summed E-state index contributed by atoms with van der Waals surface area (Å²) in [5.74, 6) is -1.86. The van der Waals surface area contributed by atoms with Crippen molar-refractivity contribution in [2.24, 2.45) is 16.7 Å². The first-order chi connectivity index (χ1) is 32.8. The van der Waals surface area contributed by atoms with Crippen LogP contribution in [0.5, 0.6) is 0 Å². The molecule has 4 aliphatic rings. The number of hydrogen-bond acceptors (Lipinski definition) is 11. The summed E-state index contributed by atoms with van der Waals surface area (Å²) in [7, 11) is 7.05. The van der Waals surface area contributed by atoms with Crippen molar-refractivity contribution in [3.8, 4) is 22.5 Å². The summed E-state index contributed by atoms with van der Waals surface area (Å²) >= 11 is 1.41. The number of likely N-dealkylation sites (N-methyl/N-ethyl adjacent to an activating group) is 1. The van der Waals surface area contributed by atoms with Gasteiger partial charge in [0.1, 0.15) is 17.2 Å². The number of rotatable bonds is 9. The molecule has 4 aromatic rings. The molecule has 18 heteroatoms. The van der Waals surface area contributed by atoms with Gasteiger partial charge in [0.2, 0.25) is 11.8 Å². The Kier molecular flexibility index (Phi) is 14.3. The van der Waals surface area contributed by atoms with Crippen LogP contribution in [-0.2, 0) is 48.0 Å². The Labute approximate surface area is 412 Å². The van der Waals surface area contributed by atoms with Gasteiger partial charge in [-0.05, 0) is 87.8 Å². The van der Waals surface area contributed by atoms with Crippen molar-refractivity contribution in [2.45, 2.75) is 110 Å². The predicted molar refractivity (Wildman–Crippen MR) is 266 cm³/mol. The van der Waals surface area contributed by atoms with E-state index in [4.69, 9.17) is 19.4 Å². The molecule has 8 rings (SSSR count).